The van der Waals surface area contributed by atoms with Gasteiger partial charge in [0.1, 0.15) is 4.90 Å². The zero-order valence-corrected chi connectivity index (χ0v) is 14.4. The van der Waals surface area contributed by atoms with Gasteiger partial charge in [-0.05, 0) is 36.4 Å². The second-order valence-electron chi connectivity index (χ2n) is 4.88. The lowest BCUT2D eigenvalue weighted by molar-refractivity contribution is 0.0845. The number of benzene rings is 2. The maximum absolute atomic E-state index is 12.0. The summed E-state index contributed by atoms with van der Waals surface area (Å²) in [5, 5.41) is 0. The minimum atomic E-state index is -4.64. The van der Waals surface area contributed by atoms with E-state index >= 15 is 0 Å². The van der Waals surface area contributed by atoms with Gasteiger partial charge in [-0.1, -0.05) is 12.1 Å². The molecule has 2 aromatic rings. The van der Waals surface area contributed by atoms with Crippen LogP contribution in [-0.2, 0) is 20.2 Å². The van der Waals surface area contributed by atoms with Crippen LogP contribution in [0.4, 0.5) is 0 Å². The van der Waals surface area contributed by atoms with E-state index < -0.39 is 47.4 Å². The maximum atomic E-state index is 12.0. The highest BCUT2D eigenvalue weighted by Crippen LogP contribution is 2.14. The van der Waals surface area contributed by atoms with Gasteiger partial charge in [0.25, 0.3) is 32.1 Å². The predicted octanol–water partition coefficient (Wildman–Crippen LogP) is 0.255. The van der Waals surface area contributed by atoms with E-state index in [1.165, 1.54) is 12.1 Å². The van der Waals surface area contributed by atoms with E-state index in [9.17, 15) is 26.4 Å². The van der Waals surface area contributed by atoms with Crippen LogP contribution in [-0.4, -0.2) is 37.8 Å². The van der Waals surface area contributed by atoms with Crippen molar-refractivity contribution >= 4 is 32.1 Å². The number of hydrogen-bond donors (Lipinski definition) is 4. The molecule has 10 nitrogen and oxygen atoms in total. The van der Waals surface area contributed by atoms with Crippen LogP contribution in [0.5, 0.6) is 0 Å². The average Bonchev–Trinajstić information content (AvgIpc) is 2.58. The molecule has 2 amide bonds. The Morgan fingerprint density at radius 1 is 0.731 bits per heavy atom. The lowest BCUT2D eigenvalue weighted by Crippen LogP contribution is -2.42. The van der Waals surface area contributed by atoms with Crippen LogP contribution in [0.25, 0.3) is 0 Å². The van der Waals surface area contributed by atoms with Crippen molar-refractivity contribution in [2.45, 2.75) is 9.79 Å². The Morgan fingerprint density at radius 3 is 1.81 bits per heavy atom. The van der Waals surface area contributed by atoms with E-state index in [2.05, 4.69) is 0 Å². The third-order valence-corrected chi connectivity index (χ3v) is 4.89. The fourth-order valence-electron chi connectivity index (χ4n) is 1.91. The zero-order valence-electron chi connectivity index (χ0n) is 12.8. The number of hydrazine groups is 1. The summed E-state index contributed by atoms with van der Waals surface area (Å²) in [7, 11) is -9.05. The van der Waals surface area contributed by atoms with Crippen LogP contribution in [0.1, 0.15) is 20.7 Å². The minimum Gasteiger partial charge on any atom is -0.282 e. The van der Waals surface area contributed by atoms with Crippen molar-refractivity contribution < 1.29 is 35.5 Å². The third-order valence-electron chi connectivity index (χ3n) is 3.11. The summed E-state index contributed by atoms with van der Waals surface area (Å²) in [6, 6.07) is 8.97. The number of amides is 2. The quantitative estimate of drug-likeness (QED) is 0.418. The van der Waals surface area contributed by atoms with Gasteiger partial charge in [0, 0.05) is 5.56 Å². The van der Waals surface area contributed by atoms with Crippen molar-refractivity contribution in [3.63, 3.8) is 0 Å². The molecule has 0 bridgehead atoms. The van der Waals surface area contributed by atoms with Crippen molar-refractivity contribution in [3.05, 3.63) is 59.7 Å². The van der Waals surface area contributed by atoms with E-state index in [1.807, 2.05) is 10.9 Å². The summed E-state index contributed by atoms with van der Waals surface area (Å²) in [6.07, 6.45) is 0. The summed E-state index contributed by atoms with van der Waals surface area (Å²) in [5.41, 5.74) is 3.55. The molecule has 138 valence electrons. The molecule has 0 aliphatic carbocycles. The lowest BCUT2D eigenvalue weighted by Gasteiger charge is -2.09. The van der Waals surface area contributed by atoms with Gasteiger partial charge in [0.15, 0.2) is 0 Å². The van der Waals surface area contributed by atoms with Crippen LogP contribution in [0.2, 0.25) is 0 Å². The standard InChI is InChI=1S/C14H12N2O8S2/c17-13(9-5-7-10(8-6-9)25(19,20)21)15-16-14(18)11-3-1-2-4-12(11)26(22,23)24/h1-8H,(H,15,17)(H,16,18)(H,19,20,21)(H,22,23,24). The molecule has 26 heavy (non-hydrogen) atoms. The van der Waals surface area contributed by atoms with Gasteiger partial charge in [-0.2, -0.15) is 16.8 Å². The molecular formula is C14H12N2O8S2. The molecule has 0 aliphatic heterocycles. The fraction of sp³-hybridized carbons (Fsp3) is 0. The maximum Gasteiger partial charge on any atom is 0.295 e. The van der Waals surface area contributed by atoms with Crippen molar-refractivity contribution in [1.82, 2.24) is 10.9 Å². The molecule has 0 spiro atoms. The highest BCUT2D eigenvalue weighted by Gasteiger charge is 2.20. The average molecular weight is 400 g/mol. The summed E-state index contributed by atoms with van der Waals surface area (Å²) in [6.45, 7) is 0. The summed E-state index contributed by atoms with van der Waals surface area (Å²) >= 11 is 0. The molecule has 2 aromatic carbocycles. The Bertz CT molecular complexity index is 1060. The van der Waals surface area contributed by atoms with Crippen molar-refractivity contribution in [2.24, 2.45) is 0 Å². The molecular weight excluding hydrogens is 388 g/mol. The number of nitrogens with one attached hydrogen (secondary N) is 2. The van der Waals surface area contributed by atoms with Crippen LogP contribution >= 0.6 is 0 Å². The predicted molar refractivity (Wildman–Crippen MR) is 87.4 cm³/mol. The first kappa shape index (κ1) is 19.5. The Kier molecular flexibility index (Phi) is 5.41. The highest BCUT2D eigenvalue weighted by molar-refractivity contribution is 7.86. The number of rotatable bonds is 4. The van der Waals surface area contributed by atoms with Crippen molar-refractivity contribution in [3.8, 4) is 0 Å². The Balaban J connectivity index is 2.12. The van der Waals surface area contributed by atoms with E-state index in [-0.39, 0.29) is 5.56 Å². The Hall–Kier alpha value is -2.80. The van der Waals surface area contributed by atoms with Gasteiger partial charge >= 0.3 is 0 Å². The number of carbonyl (C=O) groups excluding carboxylic acids is 2. The largest absolute Gasteiger partial charge is 0.295 e. The summed E-state index contributed by atoms with van der Waals surface area (Å²) in [4.78, 5) is 22.9. The van der Waals surface area contributed by atoms with Gasteiger partial charge in [-0.3, -0.25) is 29.5 Å². The topological polar surface area (TPSA) is 167 Å². The van der Waals surface area contributed by atoms with Crippen LogP contribution in [0, 0.1) is 0 Å². The third kappa shape index (κ3) is 4.64. The van der Waals surface area contributed by atoms with E-state index in [0.717, 1.165) is 36.4 Å². The Morgan fingerprint density at radius 2 is 1.27 bits per heavy atom. The first-order valence-corrected chi connectivity index (χ1v) is 9.63. The first-order chi connectivity index (χ1) is 12.0. The molecule has 0 saturated heterocycles. The molecule has 4 N–H and O–H groups in total. The zero-order chi connectivity index (χ0) is 19.5. The van der Waals surface area contributed by atoms with Crippen molar-refractivity contribution in [2.75, 3.05) is 0 Å². The second kappa shape index (κ2) is 7.21. The van der Waals surface area contributed by atoms with Crippen LogP contribution in [0.15, 0.2) is 58.3 Å². The molecule has 0 heterocycles. The normalized spacial score (nSPS) is 11.6. The second-order valence-corrected chi connectivity index (χ2v) is 7.69. The number of carbonyl (C=O) groups is 2. The molecule has 0 radical (unpaired) electrons. The van der Waals surface area contributed by atoms with E-state index in [0.29, 0.717) is 0 Å². The highest BCUT2D eigenvalue weighted by atomic mass is 32.2. The van der Waals surface area contributed by atoms with Crippen molar-refractivity contribution in [1.29, 1.82) is 0 Å². The van der Waals surface area contributed by atoms with Gasteiger partial charge in [0.05, 0.1) is 10.5 Å². The van der Waals surface area contributed by atoms with Crippen LogP contribution < -0.4 is 10.9 Å². The van der Waals surface area contributed by atoms with Crippen LogP contribution in [0.3, 0.4) is 0 Å². The smallest absolute Gasteiger partial charge is 0.282 e. The molecule has 0 unspecified atom stereocenters. The first-order valence-electron chi connectivity index (χ1n) is 6.75. The number of hydrogen-bond acceptors (Lipinski definition) is 6. The molecule has 0 saturated carbocycles. The van der Waals surface area contributed by atoms with E-state index in [4.69, 9.17) is 9.11 Å². The molecule has 12 heteroatoms. The Labute approximate surface area is 148 Å². The molecule has 2 rings (SSSR count). The van der Waals surface area contributed by atoms with Gasteiger partial charge in [0.2, 0.25) is 0 Å². The summed E-state index contributed by atoms with van der Waals surface area (Å²) < 4.78 is 62.3. The fourth-order valence-corrected chi connectivity index (χ4v) is 3.08. The lowest BCUT2D eigenvalue weighted by atomic mass is 10.2. The van der Waals surface area contributed by atoms with Gasteiger partial charge in [-0.25, -0.2) is 0 Å². The van der Waals surface area contributed by atoms with Gasteiger partial charge in [-0.15, -0.1) is 0 Å². The monoisotopic (exact) mass is 400 g/mol. The molecule has 0 aromatic heterocycles. The SMILES string of the molecule is O=C(NNC(=O)c1ccccc1S(=O)(=O)O)c1ccc(S(=O)(=O)O)cc1. The van der Waals surface area contributed by atoms with E-state index in [1.54, 1.807) is 0 Å². The molecule has 0 fully saturated rings. The van der Waals surface area contributed by atoms with Gasteiger partial charge < -0.3 is 0 Å². The molecule has 0 atom stereocenters. The molecule has 0 aliphatic rings. The minimum absolute atomic E-state index is 0.0410. The summed E-state index contributed by atoms with van der Waals surface area (Å²) in [5.74, 6) is -1.83.